The van der Waals surface area contributed by atoms with Crippen molar-refractivity contribution in [3.8, 4) is 0 Å². The number of rotatable bonds is 6. The van der Waals surface area contributed by atoms with Crippen LogP contribution in [0.25, 0.3) is 0 Å². The van der Waals surface area contributed by atoms with E-state index in [1.165, 1.54) is 45.1 Å². The van der Waals surface area contributed by atoms with Crippen LogP contribution < -0.4 is 5.32 Å². The molecule has 3 nitrogen and oxygen atoms in total. The molecule has 3 heteroatoms. The van der Waals surface area contributed by atoms with Gasteiger partial charge in [0.2, 0.25) is 0 Å². The van der Waals surface area contributed by atoms with Crippen molar-refractivity contribution in [2.24, 2.45) is 0 Å². The molecule has 0 aromatic heterocycles. The molecule has 0 aliphatic heterocycles. The molecule has 1 N–H and O–H groups in total. The number of nitrogens with one attached hydrogen (secondary N) is 1. The van der Waals surface area contributed by atoms with E-state index in [1.54, 1.807) is 0 Å². The van der Waals surface area contributed by atoms with Gasteiger partial charge in [0.1, 0.15) is 0 Å². The maximum Gasteiger partial charge on any atom is 0.0572 e. The monoisotopic (exact) mass is 226 g/mol. The molecule has 0 saturated heterocycles. The summed E-state index contributed by atoms with van der Waals surface area (Å²) in [5, 5.41) is 3.68. The molecule has 0 aromatic rings. The van der Waals surface area contributed by atoms with Gasteiger partial charge in [-0.3, -0.25) is 0 Å². The number of ether oxygens (including phenoxy) is 1. The molecule has 0 bridgehead atoms. The van der Waals surface area contributed by atoms with Crippen LogP contribution in [0.2, 0.25) is 0 Å². The summed E-state index contributed by atoms with van der Waals surface area (Å²) in [6, 6.07) is 1.63. The van der Waals surface area contributed by atoms with Gasteiger partial charge in [-0.25, -0.2) is 0 Å². The lowest BCUT2D eigenvalue weighted by Crippen LogP contribution is -2.39. The van der Waals surface area contributed by atoms with Gasteiger partial charge in [-0.15, -0.1) is 0 Å². The summed E-state index contributed by atoms with van der Waals surface area (Å²) >= 11 is 0. The lowest BCUT2D eigenvalue weighted by atomic mass is 9.93. The molecule has 0 heterocycles. The van der Waals surface area contributed by atoms with Crippen LogP contribution in [0.1, 0.15) is 38.5 Å². The third-order valence-electron chi connectivity index (χ3n) is 4.08. The van der Waals surface area contributed by atoms with Crippen molar-refractivity contribution < 1.29 is 4.74 Å². The Morgan fingerprint density at radius 2 is 1.81 bits per heavy atom. The zero-order chi connectivity index (χ0) is 11.4. The standard InChI is InChI=1S/C13H26N2O/c1-15(12-5-6-12)10-9-14-11-3-7-13(16-2)8-4-11/h11-14H,3-10H2,1-2H3. The molecule has 0 amide bonds. The van der Waals surface area contributed by atoms with Crippen molar-refractivity contribution in [2.75, 3.05) is 27.2 Å². The second kappa shape index (κ2) is 5.99. The minimum Gasteiger partial charge on any atom is -0.381 e. The Balaban J connectivity index is 1.53. The lowest BCUT2D eigenvalue weighted by molar-refractivity contribution is 0.0623. The van der Waals surface area contributed by atoms with Gasteiger partial charge in [-0.1, -0.05) is 0 Å². The normalized spacial score (nSPS) is 30.9. The van der Waals surface area contributed by atoms with Crippen LogP contribution >= 0.6 is 0 Å². The highest BCUT2D eigenvalue weighted by Crippen LogP contribution is 2.25. The number of methoxy groups -OCH3 is 1. The van der Waals surface area contributed by atoms with E-state index >= 15 is 0 Å². The first kappa shape index (κ1) is 12.3. The van der Waals surface area contributed by atoms with E-state index in [2.05, 4.69) is 17.3 Å². The molecule has 16 heavy (non-hydrogen) atoms. The predicted molar refractivity (Wildman–Crippen MR) is 66.7 cm³/mol. The summed E-state index contributed by atoms with van der Waals surface area (Å²) in [6.07, 6.45) is 8.37. The van der Waals surface area contributed by atoms with E-state index in [4.69, 9.17) is 4.74 Å². The number of likely N-dealkylation sites (N-methyl/N-ethyl adjacent to an activating group) is 1. The fourth-order valence-electron chi connectivity index (χ4n) is 2.65. The molecule has 94 valence electrons. The fourth-order valence-corrected chi connectivity index (χ4v) is 2.65. The lowest BCUT2D eigenvalue weighted by Gasteiger charge is -2.29. The molecule has 0 radical (unpaired) electrons. The topological polar surface area (TPSA) is 24.5 Å². The first-order valence-corrected chi connectivity index (χ1v) is 6.76. The largest absolute Gasteiger partial charge is 0.381 e. The highest BCUT2D eigenvalue weighted by molar-refractivity contribution is 4.83. The van der Waals surface area contributed by atoms with E-state index < -0.39 is 0 Å². The first-order chi connectivity index (χ1) is 7.79. The summed E-state index contributed by atoms with van der Waals surface area (Å²) in [4.78, 5) is 2.49. The zero-order valence-electron chi connectivity index (χ0n) is 10.7. The highest BCUT2D eigenvalue weighted by atomic mass is 16.5. The second-order valence-corrected chi connectivity index (χ2v) is 5.38. The summed E-state index contributed by atoms with van der Waals surface area (Å²) < 4.78 is 5.39. The molecule has 0 spiro atoms. The number of hydrogen-bond donors (Lipinski definition) is 1. The Morgan fingerprint density at radius 3 is 2.38 bits per heavy atom. The maximum absolute atomic E-state index is 5.39. The van der Waals surface area contributed by atoms with Crippen molar-refractivity contribution in [2.45, 2.75) is 56.7 Å². The molecule has 0 aromatic carbocycles. The molecule has 2 fully saturated rings. The van der Waals surface area contributed by atoms with Gasteiger partial charge in [0.15, 0.2) is 0 Å². The third kappa shape index (κ3) is 3.72. The van der Waals surface area contributed by atoms with Crippen LogP contribution in [0.4, 0.5) is 0 Å². The van der Waals surface area contributed by atoms with Crippen molar-refractivity contribution in [3.05, 3.63) is 0 Å². The predicted octanol–water partition coefficient (Wildman–Crippen LogP) is 1.63. The van der Waals surface area contributed by atoms with Gasteiger partial charge in [0.25, 0.3) is 0 Å². The van der Waals surface area contributed by atoms with E-state index in [0.717, 1.165) is 18.6 Å². The molecular formula is C13H26N2O. The van der Waals surface area contributed by atoms with Crippen molar-refractivity contribution in [1.29, 1.82) is 0 Å². The Hall–Kier alpha value is -0.120. The molecule has 0 unspecified atom stereocenters. The highest BCUT2D eigenvalue weighted by Gasteiger charge is 2.26. The summed E-state index contributed by atoms with van der Waals surface area (Å²) in [5.74, 6) is 0. The van der Waals surface area contributed by atoms with Gasteiger partial charge in [-0.2, -0.15) is 0 Å². The van der Waals surface area contributed by atoms with E-state index in [0.29, 0.717) is 6.10 Å². The average molecular weight is 226 g/mol. The smallest absolute Gasteiger partial charge is 0.0572 e. The number of hydrogen-bond acceptors (Lipinski definition) is 3. The molecule has 2 aliphatic carbocycles. The van der Waals surface area contributed by atoms with Crippen LogP contribution in [0.3, 0.4) is 0 Å². The third-order valence-corrected chi connectivity index (χ3v) is 4.08. The Labute approximate surface area is 99.5 Å². The average Bonchev–Trinajstić information content (AvgIpc) is 3.14. The zero-order valence-corrected chi connectivity index (χ0v) is 10.7. The van der Waals surface area contributed by atoms with Crippen LogP contribution in [-0.2, 0) is 4.74 Å². The quantitative estimate of drug-likeness (QED) is 0.745. The number of nitrogens with zero attached hydrogens (tertiary/aromatic N) is 1. The minimum atomic E-state index is 0.521. The Kier molecular flexibility index (Phi) is 4.62. The second-order valence-electron chi connectivity index (χ2n) is 5.38. The van der Waals surface area contributed by atoms with Gasteiger partial charge in [-0.05, 0) is 45.6 Å². The van der Waals surface area contributed by atoms with Crippen LogP contribution in [-0.4, -0.2) is 50.3 Å². The molecule has 2 saturated carbocycles. The molecule has 0 atom stereocenters. The Bertz CT molecular complexity index is 198. The van der Waals surface area contributed by atoms with Crippen molar-refractivity contribution >= 4 is 0 Å². The summed E-state index contributed by atoms with van der Waals surface area (Å²) in [6.45, 7) is 2.35. The van der Waals surface area contributed by atoms with Crippen LogP contribution in [0.15, 0.2) is 0 Å². The van der Waals surface area contributed by atoms with Crippen molar-refractivity contribution in [3.63, 3.8) is 0 Å². The molecule has 2 rings (SSSR count). The maximum atomic E-state index is 5.39. The van der Waals surface area contributed by atoms with Crippen molar-refractivity contribution in [1.82, 2.24) is 10.2 Å². The van der Waals surface area contributed by atoms with Gasteiger partial charge in [0.05, 0.1) is 6.10 Å². The van der Waals surface area contributed by atoms with Gasteiger partial charge in [0, 0.05) is 32.3 Å². The fraction of sp³-hybridized carbons (Fsp3) is 1.00. The van der Waals surface area contributed by atoms with E-state index in [1.807, 2.05) is 7.11 Å². The minimum absolute atomic E-state index is 0.521. The first-order valence-electron chi connectivity index (χ1n) is 6.76. The molecular weight excluding hydrogens is 200 g/mol. The summed E-state index contributed by atoms with van der Waals surface area (Å²) in [5.41, 5.74) is 0. The Morgan fingerprint density at radius 1 is 1.12 bits per heavy atom. The van der Waals surface area contributed by atoms with Gasteiger partial charge < -0.3 is 15.0 Å². The SMILES string of the molecule is COC1CCC(NCCN(C)C2CC2)CC1. The van der Waals surface area contributed by atoms with Crippen LogP contribution in [0, 0.1) is 0 Å². The van der Waals surface area contributed by atoms with E-state index in [9.17, 15) is 0 Å². The van der Waals surface area contributed by atoms with Crippen LogP contribution in [0.5, 0.6) is 0 Å². The van der Waals surface area contributed by atoms with Gasteiger partial charge >= 0.3 is 0 Å². The van der Waals surface area contributed by atoms with E-state index in [-0.39, 0.29) is 0 Å². The molecule has 2 aliphatic rings. The summed E-state index contributed by atoms with van der Waals surface area (Å²) in [7, 11) is 4.09.